The highest BCUT2D eigenvalue weighted by Gasteiger charge is 2.17. The Kier molecular flexibility index (Phi) is 2.51. The Balaban J connectivity index is 2.74. The van der Waals surface area contributed by atoms with E-state index in [2.05, 4.69) is 14.8 Å². The molecule has 7 heteroatoms. The average molecular weight is 235 g/mol. The summed E-state index contributed by atoms with van der Waals surface area (Å²) in [6, 6.07) is 1.38. The lowest BCUT2D eigenvalue weighted by Crippen LogP contribution is -2.08. The topological polar surface area (TPSA) is 93.8 Å². The quantitative estimate of drug-likeness (QED) is 0.763. The number of carbonyl (C=O) groups excluding carboxylic acids is 1. The fraction of sp³-hybridized carbons (Fsp3) is 0.200. The van der Waals surface area contributed by atoms with E-state index in [0.29, 0.717) is 5.69 Å². The van der Waals surface area contributed by atoms with Crippen molar-refractivity contribution in [1.82, 2.24) is 14.6 Å². The van der Waals surface area contributed by atoms with E-state index in [9.17, 15) is 9.59 Å². The van der Waals surface area contributed by atoms with E-state index in [4.69, 9.17) is 5.11 Å². The van der Waals surface area contributed by atoms with Crippen molar-refractivity contribution in [2.24, 2.45) is 0 Å². The van der Waals surface area contributed by atoms with Gasteiger partial charge >= 0.3 is 11.9 Å². The van der Waals surface area contributed by atoms with Crippen LogP contribution in [-0.4, -0.2) is 38.8 Å². The van der Waals surface area contributed by atoms with Crippen molar-refractivity contribution in [1.29, 1.82) is 0 Å². The van der Waals surface area contributed by atoms with Gasteiger partial charge in [0.25, 0.3) is 0 Å². The first kappa shape index (κ1) is 11.1. The fourth-order valence-corrected chi connectivity index (χ4v) is 1.48. The maximum atomic E-state index is 11.4. The Labute approximate surface area is 95.6 Å². The molecule has 0 saturated heterocycles. The number of nitrogens with zero attached hydrogens (tertiary/aromatic N) is 3. The minimum absolute atomic E-state index is 0.138. The number of methoxy groups -OCH3 is 1. The number of aromatic carboxylic acids is 1. The van der Waals surface area contributed by atoms with Crippen LogP contribution in [0, 0.1) is 6.92 Å². The third-order valence-electron chi connectivity index (χ3n) is 2.27. The Hall–Kier alpha value is -2.44. The minimum Gasteiger partial charge on any atom is -0.477 e. The molecule has 2 aromatic heterocycles. The second kappa shape index (κ2) is 3.85. The molecular formula is C10H9N3O4. The molecule has 0 radical (unpaired) electrons. The van der Waals surface area contributed by atoms with Gasteiger partial charge in [-0.2, -0.15) is 5.10 Å². The molecular weight excluding hydrogens is 226 g/mol. The molecule has 2 heterocycles. The molecule has 0 aromatic carbocycles. The van der Waals surface area contributed by atoms with Crippen molar-refractivity contribution < 1.29 is 19.4 Å². The van der Waals surface area contributed by atoms with Gasteiger partial charge in [0.15, 0.2) is 11.3 Å². The third kappa shape index (κ3) is 1.71. The summed E-state index contributed by atoms with van der Waals surface area (Å²) in [5.41, 5.74) is 0.746. The number of aromatic nitrogens is 3. The van der Waals surface area contributed by atoms with Crippen LogP contribution in [0.1, 0.15) is 26.5 Å². The SMILES string of the molecule is COC(=O)c1cnn2c(C)cc(C(=O)O)nc12. The monoisotopic (exact) mass is 235 g/mol. The van der Waals surface area contributed by atoms with Gasteiger partial charge in [-0.3, -0.25) is 0 Å². The maximum absolute atomic E-state index is 11.4. The lowest BCUT2D eigenvalue weighted by atomic mass is 10.3. The van der Waals surface area contributed by atoms with Gasteiger partial charge in [-0.05, 0) is 13.0 Å². The van der Waals surface area contributed by atoms with Crippen LogP contribution in [0.15, 0.2) is 12.3 Å². The summed E-state index contributed by atoms with van der Waals surface area (Å²) in [6.07, 6.45) is 1.30. The van der Waals surface area contributed by atoms with Crippen LogP contribution >= 0.6 is 0 Å². The van der Waals surface area contributed by atoms with E-state index in [-0.39, 0.29) is 16.9 Å². The second-order valence-corrected chi connectivity index (χ2v) is 3.37. The molecule has 2 rings (SSSR count). The number of fused-ring (bicyclic) bond motifs is 1. The molecule has 0 aliphatic carbocycles. The van der Waals surface area contributed by atoms with Gasteiger partial charge in [0.1, 0.15) is 5.56 Å². The molecule has 1 N–H and O–H groups in total. The number of ether oxygens (including phenoxy) is 1. The standard InChI is InChI=1S/C10H9N3O4/c1-5-3-7(9(14)15)12-8-6(10(16)17-2)4-11-13(5)8/h3-4H,1-2H3,(H,14,15). The molecule has 0 bridgehead atoms. The fourth-order valence-electron chi connectivity index (χ4n) is 1.48. The largest absolute Gasteiger partial charge is 0.477 e. The number of carboxylic acids is 1. The molecule has 0 fully saturated rings. The summed E-state index contributed by atoms with van der Waals surface area (Å²) in [7, 11) is 1.24. The van der Waals surface area contributed by atoms with Gasteiger partial charge in [-0.25, -0.2) is 19.1 Å². The molecule has 17 heavy (non-hydrogen) atoms. The molecule has 88 valence electrons. The summed E-state index contributed by atoms with van der Waals surface area (Å²) in [5.74, 6) is -1.76. The van der Waals surface area contributed by atoms with Crippen LogP contribution in [0.4, 0.5) is 0 Å². The van der Waals surface area contributed by atoms with Gasteiger partial charge in [0.05, 0.1) is 13.3 Å². The van der Waals surface area contributed by atoms with Gasteiger partial charge in [-0.1, -0.05) is 0 Å². The number of carbonyl (C=O) groups is 2. The lowest BCUT2D eigenvalue weighted by molar-refractivity contribution is 0.0601. The van der Waals surface area contributed by atoms with E-state index in [1.54, 1.807) is 6.92 Å². The number of esters is 1. The first-order valence-electron chi connectivity index (χ1n) is 4.71. The molecule has 0 aliphatic rings. The lowest BCUT2D eigenvalue weighted by Gasteiger charge is -2.01. The number of carboxylic acid groups (broad SMARTS) is 1. The van der Waals surface area contributed by atoms with Gasteiger partial charge in [0.2, 0.25) is 0 Å². The van der Waals surface area contributed by atoms with Crippen LogP contribution < -0.4 is 0 Å². The van der Waals surface area contributed by atoms with Crippen molar-refractivity contribution in [3.05, 3.63) is 29.2 Å². The molecule has 0 atom stereocenters. The highest BCUT2D eigenvalue weighted by atomic mass is 16.5. The van der Waals surface area contributed by atoms with Crippen molar-refractivity contribution in [3.63, 3.8) is 0 Å². The van der Waals surface area contributed by atoms with Crippen LogP contribution in [-0.2, 0) is 4.74 Å². The minimum atomic E-state index is -1.16. The predicted molar refractivity (Wildman–Crippen MR) is 56.0 cm³/mol. The van der Waals surface area contributed by atoms with E-state index in [0.717, 1.165) is 0 Å². The van der Waals surface area contributed by atoms with E-state index in [1.165, 1.54) is 23.9 Å². The smallest absolute Gasteiger partial charge is 0.354 e. The molecule has 0 amide bonds. The molecule has 0 unspecified atom stereocenters. The zero-order chi connectivity index (χ0) is 12.6. The Morgan fingerprint density at radius 1 is 1.47 bits per heavy atom. The number of rotatable bonds is 2. The highest BCUT2D eigenvalue weighted by molar-refractivity contribution is 5.96. The summed E-state index contributed by atoms with van der Waals surface area (Å²) in [4.78, 5) is 26.1. The van der Waals surface area contributed by atoms with E-state index >= 15 is 0 Å². The maximum Gasteiger partial charge on any atom is 0.354 e. The molecule has 0 saturated carbocycles. The number of hydrogen-bond acceptors (Lipinski definition) is 5. The summed E-state index contributed by atoms with van der Waals surface area (Å²) >= 11 is 0. The normalized spacial score (nSPS) is 10.5. The Morgan fingerprint density at radius 2 is 2.18 bits per heavy atom. The van der Waals surface area contributed by atoms with Crippen molar-refractivity contribution in [2.45, 2.75) is 6.92 Å². The van der Waals surface area contributed by atoms with Crippen molar-refractivity contribution in [2.75, 3.05) is 7.11 Å². The molecule has 2 aromatic rings. The van der Waals surface area contributed by atoms with Gasteiger partial charge in [-0.15, -0.1) is 0 Å². The zero-order valence-electron chi connectivity index (χ0n) is 9.17. The predicted octanol–water partition coefficient (Wildman–Crippen LogP) is 0.523. The first-order valence-corrected chi connectivity index (χ1v) is 4.71. The van der Waals surface area contributed by atoms with Crippen LogP contribution in [0.3, 0.4) is 0 Å². The summed E-state index contributed by atoms with van der Waals surface area (Å²) < 4.78 is 5.95. The number of hydrogen-bond donors (Lipinski definition) is 1. The van der Waals surface area contributed by atoms with E-state index in [1.807, 2.05) is 0 Å². The summed E-state index contributed by atoms with van der Waals surface area (Å²) in [5, 5.41) is 12.8. The van der Waals surface area contributed by atoms with Crippen LogP contribution in [0.5, 0.6) is 0 Å². The number of aryl methyl sites for hydroxylation is 1. The van der Waals surface area contributed by atoms with Crippen molar-refractivity contribution >= 4 is 17.6 Å². The van der Waals surface area contributed by atoms with Gasteiger partial charge in [0, 0.05) is 5.69 Å². The van der Waals surface area contributed by atoms with Crippen LogP contribution in [0.2, 0.25) is 0 Å². The second-order valence-electron chi connectivity index (χ2n) is 3.37. The molecule has 0 aliphatic heterocycles. The molecule has 7 nitrogen and oxygen atoms in total. The average Bonchev–Trinajstić information content (AvgIpc) is 2.72. The van der Waals surface area contributed by atoms with E-state index < -0.39 is 11.9 Å². The van der Waals surface area contributed by atoms with Crippen LogP contribution in [0.25, 0.3) is 5.65 Å². The Morgan fingerprint density at radius 3 is 2.76 bits per heavy atom. The first-order chi connectivity index (χ1) is 8.04. The van der Waals surface area contributed by atoms with Gasteiger partial charge < -0.3 is 9.84 Å². The molecule has 0 spiro atoms. The third-order valence-corrected chi connectivity index (χ3v) is 2.27. The zero-order valence-corrected chi connectivity index (χ0v) is 9.17. The summed E-state index contributed by atoms with van der Waals surface area (Å²) in [6.45, 7) is 1.68. The Bertz CT molecular complexity index is 617. The van der Waals surface area contributed by atoms with Crippen molar-refractivity contribution in [3.8, 4) is 0 Å². The highest BCUT2D eigenvalue weighted by Crippen LogP contribution is 2.13.